The molecule has 0 fully saturated rings. The minimum Gasteiger partial charge on any atom is -0.0802 e. The number of alkyl halides is 1. The van der Waals surface area contributed by atoms with E-state index in [9.17, 15) is 0 Å². The van der Waals surface area contributed by atoms with Crippen LogP contribution in [0, 0.1) is 11.2 Å². The molecule has 0 aromatic heterocycles. The molecule has 1 aromatic carbocycles. The lowest BCUT2D eigenvalue weighted by atomic mass is 10.4. The molecule has 56 valence electrons. The highest BCUT2D eigenvalue weighted by atomic mass is 127. The molecular formula is C9H7IS. The average Bonchev–Trinajstić information content (AvgIpc) is 2.07. The van der Waals surface area contributed by atoms with Crippen molar-refractivity contribution in [1.82, 2.24) is 0 Å². The molecule has 11 heavy (non-hydrogen) atoms. The summed E-state index contributed by atoms with van der Waals surface area (Å²) in [7, 11) is 0. The Balaban J connectivity index is 2.52. The maximum atomic E-state index is 3.01. The highest BCUT2D eigenvalue weighted by Crippen LogP contribution is 2.14. The molecule has 0 nitrogen and oxygen atoms in total. The van der Waals surface area contributed by atoms with Crippen LogP contribution in [0.15, 0.2) is 35.2 Å². The van der Waals surface area contributed by atoms with Crippen LogP contribution in [0.25, 0.3) is 0 Å². The molecule has 0 amide bonds. The number of benzene rings is 1. The summed E-state index contributed by atoms with van der Waals surface area (Å²) in [6.07, 6.45) is 0. The van der Waals surface area contributed by atoms with Crippen molar-refractivity contribution in [2.24, 2.45) is 0 Å². The van der Waals surface area contributed by atoms with Crippen molar-refractivity contribution in [3.05, 3.63) is 30.3 Å². The van der Waals surface area contributed by atoms with E-state index in [2.05, 4.69) is 45.9 Å². The fraction of sp³-hybridized carbons (Fsp3) is 0.111. The second-order valence-electron chi connectivity index (χ2n) is 1.83. The lowest BCUT2D eigenvalue weighted by Gasteiger charge is -1.89. The molecule has 2 heteroatoms. The summed E-state index contributed by atoms with van der Waals surface area (Å²) in [6.45, 7) is 0. The number of rotatable bonds is 1. The van der Waals surface area contributed by atoms with Gasteiger partial charge in [-0.3, -0.25) is 0 Å². The Bertz CT molecular complexity index is 258. The first-order chi connectivity index (χ1) is 5.43. The van der Waals surface area contributed by atoms with E-state index in [0.29, 0.717) is 0 Å². The molecule has 0 aliphatic rings. The van der Waals surface area contributed by atoms with Gasteiger partial charge in [0, 0.05) is 4.90 Å². The van der Waals surface area contributed by atoms with Crippen LogP contribution in [-0.2, 0) is 0 Å². The van der Waals surface area contributed by atoms with Crippen LogP contribution in [0.2, 0.25) is 0 Å². The fourth-order valence-electron chi connectivity index (χ4n) is 0.611. The van der Waals surface area contributed by atoms with Gasteiger partial charge in [0.1, 0.15) is 0 Å². The Morgan fingerprint density at radius 1 is 1.27 bits per heavy atom. The minimum absolute atomic E-state index is 0.900. The first-order valence-electron chi connectivity index (χ1n) is 3.19. The zero-order chi connectivity index (χ0) is 7.94. The lowest BCUT2D eigenvalue weighted by Crippen LogP contribution is -1.64. The summed E-state index contributed by atoms with van der Waals surface area (Å²) in [6, 6.07) is 10.2. The highest BCUT2D eigenvalue weighted by molar-refractivity contribution is 14.1. The van der Waals surface area contributed by atoms with Crippen LogP contribution in [0.4, 0.5) is 0 Å². The van der Waals surface area contributed by atoms with Crippen molar-refractivity contribution in [2.45, 2.75) is 4.90 Å². The molecule has 0 radical (unpaired) electrons. The molecular weight excluding hydrogens is 267 g/mol. The number of hydrogen-bond acceptors (Lipinski definition) is 1. The molecule has 0 aliphatic carbocycles. The van der Waals surface area contributed by atoms with Crippen LogP contribution in [0.1, 0.15) is 0 Å². The van der Waals surface area contributed by atoms with Crippen LogP contribution in [-0.4, -0.2) is 4.43 Å². The third-order valence-corrected chi connectivity index (χ3v) is 2.19. The van der Waals surface area contributed by atoms with Crippen molar-refractivity contribution < 1.29 is 0 Å². The monoisotopic (exact) mass is 274 g/mol. The first kappa shape index (κ1) is 8.95. The van der Waals surface area contributed by atoms with E-state index in [0.717, 1.165) is 4.43 Å². The van der Waals surface area contributed by atoms with Gasteiger partial charge in [-0.1, -0.05) is 46.7 Å². The van der Waals surface area contributed by atoms with E-state index in [1.54, 1.807) is 11.8 Å². The molecule has 1 rings (SSSR count). The van der Waals surface area contributed by atoms with Crippen LogP contribution >= 0.6 is 34.4 Å². The largest absolute Gasteiger partial charge is 0.0802 e. The SMILES string of the molecule is ICC#CSc1ccccc1. The molecule has 0 bridgehead atoms. The molecule has 0 saturated heterocycles. The zero-order valence-electron chi connectivity index (χ0n) is 5.88. The standard InChI is InChI=1S/C9H7IS/c10-7-4-8-11-9-5-2-1-3-6-9/h1-3,5-6H,7H2. The van der Waals surface area contributed by atoms with Crippen molar-refractivity contribution in [1.29, 1.82) is 0 Å². The second kappa shape index (κ2) is 5.50. The predicted molar refractivity (Wildman–Crippen MR) is 59.0 cm³/mol. The maximum absolute atomic E-state index is 3.01. The Morgan fingerprint density at radius 2 is 2.00 bits per heavy atom. The summed E-state index contributed by atoms with van der Waals surface area (Å²) in [4.78, 5) is 1.21. The number of halogens is 1. The predicted octanol–water partition coefficient (Wildman–Crippen LogP) is 3.17. The van der Waals surface area contributed by atoms with E-state index < -0.39 is 0 Å². The van der Waals surface area contributed by atoms with Gasteiger partial charge in [0.15, 0.2) is 0 Å². The molecule has 0 aliphatic heterocycles. The van der Waals surface area contributed by atoms with Gasteiger partial charge in [-0.05, 0) is 29.1 Å². The van der Waals surface area contributed by atoms with Gasteiger partial charge in [-0.15, -0.1) is 0 Å². The summed E-state index contributed by atoms with van der Waals surface area (Å²) >= 11 is 3.82. The van der Waals surface area contributed by atoms with E-state index in [4.69, 9.17) is 0 Å². The van der Waals surface area contributed by atoms with E-state index >= 15 is 0 Å². The van der Waals surface area contributed by atoms with Gasteiger partial charge in [0.05, 0.1) is 4.43 Å². The third-order valence-electron chi connectivity index (χ3n) is 1.05. The van der Waals surface area contributed by atoms with Crippen molar-refractivity contribution >= 4 is 34.4 Å². The summed E-state index contributed by atoms with van der Waals surface area (Å²) in [5.41, 5.74) is 0. The van der Waals surface area contributed by atoms with Crippen LogP contribution in [0.3, 0.4) is 0 Å². The number of hydrogen-bond donors (Lipinski definition) is 0. The van der Waals surface area contributed by atoms with Crippen molar-refractivity contribution in [3.8, 4) is 11.2 Å². The quantitative estimate of drug-likeness (QED) is 0.328. The van der Waals surface area contributed by atoms with Crippen LogP contribution in [0.5, 0.6) is 0 Å². The fourth-order valence-corrected chi connectivity index (χ4v) is 1.62. The summed E-state index contributed by atoms with van der Waals surface area (Å²) in [5, 5.41) is 3.01. The van der Waals surface area contributed by atoms with Crippen molar-refractivity contribution in [2.75, 3.05) is 4.43 Å². The molecule has 0 unspecified atom stereocenters. The van der Waals surface area contributed by atoms with Gasteiger partial charge >= 0.3 is 0 Å². The molecule has 1 aromatic rings. The van der Waals surface area contributed by atoms with Crippen molar-refractivity contribution in [3.63, 3.8) is 0 Å². The Morgan fingerprint density at radius 3 is 2.64 bits per heavy atom. The normalized spacial score (nSPS) is 8.45. The lowest BCUT2D eigenvalue weighted by molar-refractivity contribution is 1.47. The zero-order valence-corrected chi connectivity index (χ0v) is 8.85. The first-order valence-corrected chi connectivity index (χ1v) is 5.53. The topological polar surface area (TPSA) is 0 Å². The molecule has 0 heterocycles. The van der Waals surface area contributed by atoms with Crippen LogP contribution < -0.4 is 0 Å². The Kier molecular flexibility index (Phi) is 4.48. The van der Waals surface area contributed by atoms with Gasteiger partial charge in [-0.2, -0.15) is 0 Å². The minimum atomic E-state index is 0.900. The molecule has 0 atom stereocenters. The highest BCUT2D eigenvalue weighted by Gasteiger charge is 1.84. The van der Waals surface area contributed by atoms with Gasteiger partial charge < -0.3 is 0 Å². The smallest absolute Gasteiger partial charge is 0.0618 e. The van der Waals surface area contributed by atoms with Gasteiger partial charge in [0.2, 0.25) is 0 Å². The third kappa shape index (κ3) is 3.68. The maximum Gasteiger partial charge on any atom is 0.0618 e. The van der Waals surface area contributed by atoms with Gasteiger partial charge in [0.25, 0.3) is 0 Å². The number of thioether (sulfide) groups is 1. The average molecular weight is 274 g/mol. The van der Waals surface area contributed by atoms with E-state index in [-0.39, 0.29) is 0 Å². The summed E-state index contributed by atoms with van der Waals surface area (Å²) in [5.74, 6) is 3.00. The Hall–Kier alpha value is -0.140. The second-order valence-corrected chi connectivity index (χ2v) is 3.47. The molecule has 0 spiro atoms. The molecule has 0 saturated carbocycles. The van der Waals surface area contributed by atoms with E-state index in [1.165, 1.54) is 4.90 Å². The summed E-state index contributed by atoms with van der Waals surface area (Å²) < 4.78 is 0.900. The Labute approximate surface area is 84.9 Å². The molecule has 0 N–H and O–H groups in total. The van der Waals surface area contributed by atoms with E-state index in [1.807, 2.05) is 18.2 Å². The van der Waals surface area contributed by atoms with Gasteiger partial charge in [-0.25, -0.2) is 0 Å².